The van der Waals surface area contributed by atoms with Crippen molar-refractivity contribution in [3.05, 3.63) is 21.3 Å². The summed E-state index contributed by atoms with van der Waals surface area (Å²) in [5.41, 5.74) is 2.39. The van der Waals surface area contributed by atoms with Crippen LogP contribution in [0.2, 0.25) is 0 Å². The highest BCUT2D eigenvalue weighted by Crippen LogP contribution is 2.29. The summed E-state index contributed by atoms with van der Waals surface area (Å²) < 4.78 is 2.55. The van der Waals surface area contributed by atoms with Crippen molar-refractivity contribution in [2.45, 2.75) is 13.8 Å². The molecular weight excluding hydrogens is 307 g/mol. The summed E-state index contributed by atoms with van der Waals surface area (Å²) in [4.78, 5) is 4.55. The molecule has 0 atom stereocenters. The first kappa shape index (κ1) is 10.2. The van der Waals surface area contributed by atoms with Crippen LogP contribution in [0.4, 0.5) is 5.13 Å². The van der Waals surface area contributed by atoms with Crippen molar-refractivity contribution in [1.29, 1.82) is 0 Å². The van der Waals surface area contributed by atoms with Crippen LogP contribution in [0.1, 0.15) is 12.5 Å². The van der Waals surface area contributed by atoms with Crippen molar-refractivity contribution in [1.82, 2.24) is 4.98 Å². The molecule has 14 heavy (non-hydrogen) atoms. The number of hydrogen-bond donors (Lipinski definition) is 1. The van der Waals surface area contributed by atoms with E-state index in [1.165, 1.54) is 13.8 Å². The van der Waals surface area contributed by atoms with E-state index in [1.807, 2.05) is 0 Å². The van der Waals surface area contributed by atoms with Gasteiger partial charge in [0.15, 0.2) is 5.13 Å². The number of nitrogens with one attached hydrogen (secondary N) is 1. The highest BCUT2D eigenvalue weighted by atomic mass is 127. The lowest BCUT2D eigenvalue weighted by atomic mass is 10.2. The van der Waals surface area contributed by atoms with Gasteiger partial charge >= 0.3 is 0 Å². The first-order valence-electron chi connectivity index (χ1n) is 4.51. The molecule has 2 nitrogen and oxygen atoms in total. The summed E-state index contributed by atoms with van der Waals surface area (Å²) in [5.74, 6) is 0. The van der Waals surface area contributed by atoms with Crippen molar-refractivity contribution in [3.63, 3.8) is 0 Å². The van der Waals surface area contributed by atoms with Gasteiger partial charge in [0.25, 0.3) is 0 Å². The van der Waals surface area contributed by atoms with Gasteiger partial charge in [-0.3, -0.25) is 0 Å². The van der Waals surface area contributed by atoms with Gasteiger partial charge in [-0.15, -0.1) is 0 Å². The fourth-order valence-corrected chi connectivity index (χ4v) is 3.42. The number of thiazole rings is 1. The molecule has 4 heteroatoms. The van der Waals surface area contributed by atoms with Gasteiger partial charge in [0, 0.05) is 10.1 Å². The van der Waals surface area contributed by atoms with Crippen molar-refractivity contribution in [2.75, 3.05) is 11.9 Å². The van der Waals surface area contributed by atoms with E-state index in [1.54, 1.807) is 11.3 Å². The topological polar surface area (TPSA) is 24.9 Å². The molecule has 0 saturated carbocycles. The molecule has 74 valence electrons. The van der Waals surface area contributed by atoms with Crippen LogP contribution < -0.4 is 5.32 Å². The number of halogens is 1. The average molecular weight is 318 g/mol. The van der Waals surface area contributed by atoms with Crippen LogP contribution in [0.15, 0.2) is 12.1 Å². The average Bonchev–Trinajstić information content (AvgIpc) is 2.48. The van der Waals surface area contributed by atoms with Crippen LogP contribution in [-0.4, -0.2) is 11.5 Å². The first-order valence-corrected chi connectivity index (χ1v) is 6.41. The van der Waals surface area contributed by atoms with Crippen molar-refractivity contribution in [2.24, 2.45) is 0 Å². The minimum absolute atomic E-state index is 0.927. The zero-order chi connectivity index (χ0) is 10.1. The van der Waals surface area contributed by atoms with Crippen LogP contribution in [0.3, 0.4) is 0 Å². The van der Waals surface area contributed by atoms with Gasteiger partial charge < -0.3 is 5.32 Å². The Morgan fingerprint density at radius 2 is 2.29 bits per heavy atom. The van der Waals surface area contributed by atoms with Gasteiger partial charge in [0.1, 0.15) is 0 Å². The molecular formula is C10H11IN2S. The van der Waals surface area contributed by atoms with E-state index in [4.69, 9.17) is 0 Å². The minimum atomic E-state index is 0.927. The molecule has 0 aliphatic heterocycles. The van der Waals surface area contributed by atoms with E-state index in [0.717, 1.165) is 17.2 Å². The number of anilines is 1. The van der Waals surface area contributed by atoms with Crippen LogP contribution in [0, 0.1) is 10.5 Å². The van der Waals surface area contributed by atoms with E-state index < -0.39 is 0 Å². The molecule has 0 unspecified atom stereocenters. The monoisotopic (exact) mass is 318 g/mol. The van der Waals surface area contributed by atoms with Crippen molar-refractivity contribution in [3.8, 4) is 0 Å². The molecule has 1 aromatic heterocycles. The van der Waals surface area contributed by atoms with E-state index in [2.05, 4.69) is 58.9 Å². The maximum Gasteiger partial charge on any atom is 0.183 e. The van der Waals surface area contributed by atoms with Crippen molar-refractivity contribution < 1.29 is 0 Å². The molecule has 0 radical (unpaired) electrons. The Morgan fingerprint density at radius 1 is 1.50 bits per heavy atom. The number of rotatable bonds is 2. The first-order chi connectivity index (χ1) is 6.70. The van der Waals surface area contributed by atoms with Gasteiger partial charge in [-0.05, 0) is 54.1 Å². The van der Waals surface area contributed by atoms with Crippen LogP contribution in [0.25, 0.3) is 10.2 Å². The lowest BCUT2D eigenvalue weighted by Crippen LogP contribution is -1.94. The minimum Gasteiger partial charge on any atom is -0.362 e. The fraction of sp³-hybridized carbons (Fsp3) is 0.300. The van der Waals surface area contributed by atoms with Crippen molar-refractivity contribution >= 4 is 49.3 Å². The number of benzene rings is 1. The Balaban J connectivity index is 2.58. The Labute approximate surface area is 101 Å². The summed E-state index contributed by atoms with van der Waals surface area (Å²) in [6, 6.07) is 4.35. The molecule has 0 aliphatic carbocycles. The molecule has 1 heterocycles. The maximum absolute atomic E-state index is 4.55. The maximum atomic E-state index is 4.55. The lowest BCUT2D eigenvalue weighted by Gasteiger charge is -1.94. The highest BCUT2D eigenvalue weighted by molar-refractivity contribution is 14.1. The van der Waals surface area contributed by atoms with Gasteiger partial charge in [-0.25, -0.2) is 4.98 Å². The second kappa shape index (κ2) is 4.02. The molecule has 0 bridgehead atoms. The summed E-state index contributed by atoms with van der Waals surface area (Å²) >= 11 is 4.07. The molecule has 1 aromatic carbocycles. The highest BCUT2D eigenvalue weighted by Gasteiger charge is 2.06. The second-order valence-electron chi connectivity index (χ2n) is 3.12. The molecule has 2 aromatic rings. The van der Waals surface area contributed by atoms with Gasteiger partial charge in [-0.1, -0.05) is 11.3 Å². The number of aromatic nitrogens is 1. The molecule has 2 rings (SSSR count). The molecule has 0 fully saturated rings. The largest absolute Gasteiger partial charge is 0.362 e. The van der Waals surface area contributed by atoms with E-state index in [0.29, 0.717) is 0 Å². The number of fused-ring (bicyclic) bond motifs is 1. The summed E-state index contributed by atoms with van der Waals surface area (Å²) in [7, 11) is 0. The smallest absolute Gasteiger partial charge is 0.183 e. The number of aryl methyl sites for hydroxylation is 1. The summed E-state index contributed by atoms with van der Waals surface area (Å²) in [6.45, 7) is 5.12. The zero-order valence-electron chi connectivity index (χ0n) is 8.10. The molecule has 0 aliphatic rings. The van der Waals surface area contributed by atoms with E-state index in [-0.39, 0.29) is 0 Å². The third-order valence-corrected chi connectivity index (χ3v) is 3.56. The molecule has 0 spiro atoms. The zero-order valence-corrected chi connectivity index (χ0v) is 11.1. The predicted molar refractivity (Wildman–Crippen MR) is 71.2 cm³/mol. The van der Waals surface area contributed by atoms with Gasteiger partial charge in [0.05, 0.1) is 10.2 Å². The Bertz CT molecular complexity index is 464. The predicted octanol–water partition coefficient (Wildman–Crippen LogP) is 3.64. The Hall–Kier alpha value is -0.360. The molecule has 0 saturated heterocycles. The van der Waals surface area contributed by atoms with Crippen LogP contribution >= 0.6 is 33.9 Å². The summed E-state index contributed by atoms with van der Waals surface area (Å²) in [6.07, 6.45) is 0. The third-order valence-electron chi connectivity index (χ3n) is 1.98. The number of nitrogens with zero attached hydrogens (tertiary/aromatic N) is 1. The summed E-state index contributed by atoms with van der Waals surface area (Å²) in [5, 5.41) is 4.27. The van der Waals surface area contributed by atoms with Crippen LogP contribution in [0.5, 0.6) is 0 Å². The Morgan fingerprint density at radius 3 is 3.00 bits per heavy atom. The SMILES string of the molecule is CCNc1nc2c(C)cc(I)cc2s1. The molecule has 0 amide bonds. The van der Waals surface area contributed by atoms with Crippen LogP contribution in [-0.2, 0) is 0 Å². The molecule has 1 N–H and O–H groups in total. The lowest BCUT2D eigenvalue weighted by molar-refractivity contribution is 1.20. The van der Waals surface area contributed by atoms with E-state index >= 15 is 0 Å². The third kappa shape index (κ3) is 1.86. The number of hydrogen-bond acceptors (Lipinski definition) is 3. The van der Waals surface area contributed by atoms with Gasteiger partial charge in [0.2, 0.25) is 0 Å². The quantitative estimate of drug-likeness (QED) is 0.855. The second-order valence-corrected chi connectivity index (χ2v) is 5.40. The normalized spacial score (nSPS) is 10.8. The Kier molecular flexibility index (Phi) is 2.92. The van der Waals surface area contributed by atoms with E-state index in [9.17, 15) is 0 Å². The standard InChI is InChI=1S/C10H11IN2S/c1-3-12-10-13-9-6(2)4-7(11)5-8(9)14-10/h4-5H,3H2,1-2H3,(H,12,13). The van der Waals surface area contributed by atoms with Gasteiger partial charge in [-0.2, -0.15) is 0 Å². The fourth-order valence-electron chi connectivity index (χ4n) is 1.38.